The first-order chi connectivity index (χ1) is 9.69. The predicted molar refractivity (Wildman–Crippen MR) is 80.7 cm³/mol. The second kappa shape index (κ2) is 6.77. The number of aryl methyl sites for hydroxylation is 3. The molecule has 0 heterocycles. The maximum Gasteiger partial charge on any atom is 0.184 e. The third-order valence-electron chi connectivity index (χ3n) is 3.32. The van der Waals surface area contributed by atoms with Crippen molar-refractivity contribution < 1.29 is 4.74 Å². The van der Waals surface area contributed by atoms with E-state index in [1.165, 1.54) is 11.1 Å². The van der Waals surface area contributed by atoms with Gasteiger partial charge in [0.05, 0.1) is 0 Å². The van der Waals surface area contributed by atoms with Gasteiger partial charge in [-0.2, -0.15) is 5.26 Å². The first-order valence-corrected chi connectivity index (χ1v) is 6.86. The van der Waals surface area contributed by atoms with Gasteiger partial charge in [-0.05, 0) is 37.5 Å². The fourth-order valence-corrected chi connectivity index (χ4v) is 2.04. The smallest absolute Gasteiger partial charge is 0.184 e. The molecule has 2 nitrogen and oxygen atoms in total. The zero-order valence-corrected chi connectivity index (χ0v) is 12.0. The average molecular weight is 265 g/mol. The molecule has 0 amide bonds. The second-order valence-corrected chi connectivity index (χ2v) is 5.03. The number of hydrogen-bond donors (Lipinski definition) is 0. The summed E-state index contributed by atoms with van der Waals surface area (Å²) in [6.07, 6.45) is 1.15. The lowest BCUT2D eigenvalue weighted by molar-refractivity contribution is 0.244. The van der Waals surface area contributed by atoms with E-state index in [0.29, 0.717) is 6.42 Å². The van der Waals surface area contributed by atoms with Crippen LogP contribution in [0.15, 0.2) is 48.5 Å². The van der Waals surface area contributed by atoms with Gasteiger partial charge < -0.3 is 4.74 Å². The summed E-state index contributed by atoms with van der Waals surface area (Å²) in [5.41, 5.74) is 3.55. The fraction of sp³-hybridized carbons (Fsp3) is 0.278. The van der Waals surface area contributed by atoms with E-state index in [1.807, 2.05) is 31.2 Å². The number of rotatable bonds is 5. The van der Waals surface area contributed by atoms with E-state index in [0.717, 1.165) is 17.7 Å². The van der Waals surface area contributed by atoms with E-state index in [9.17, 15) is 5.26 Å². The Morgan fingerprint density at radius 1 is 1.05 bits per heavy atom. The molecular formula is C18H19NO. The largest absolute Gasteiger partial charge is 0.475 e. The molecule has 0 fully saturated rings. The van der Waals surface area contributed by atoms with Crippen LogP contribution in [0.25, 0.3) is 0 Å². The minimum Gasteiger partial charge on any atom is -0.475 e. The monoisotopic (exact) mass is 265 g/mol. The van der Waals surface area contributed by atoms with Crippen LogP contribution in [-0.2, 0) is 6.42 Å². The number of benzene rings is 2. The van der Waals surface area contributed by atoms with Crippen molar-refractivity contribution in [2.24, 2.45) is 0 Å². The van der Waals surface area contributed by atoms with Crippen molar-refractivity contribution >= 4 is 0 Å². The summed E-state index contributed by atoms with van der Waals surface area (Å²) in [5.74, 6) is 0.794. The van der Waals surface area contributed by atoms with Crippen LogP contribution in [0.5, 0.6) is 5.75 Å². The Morgan fingerprint density at radius 2 is 1.75 bits per heavy atom. The van der Waals surface area contributed by atoms with E-state index in [2.05, 4.69) is 37.3 Å². The van der Waals surface area contributed by atoms with Gasteiger partial charge in [0, 0.05) is 6.42 Å². The van der Waals surface area contributed by atoms with Gasteiger partial charge in [0.15, 0.2) is 6.10 Å². The minimum absolute atomic E-state index is 0.405. The van der Waals surface area contributed by atoms with Gasteiger partial charge in [0.25, 0.3) is 0 Å². The van der Waals surface area contributed by atoms with Crippen LogP contribution >= 0.6 is 0 Å². The maximum absolute atomic E-state index is 9.23. The van der Waals surface area contributed by atoms with E-state index in [4.69, 9.17) is 4.74 Å². The number of hydrogen-bond acceptors (Lipinski definition) is 2. The molecule has 0 radical (unpaired) electrons. The Balaban J connectivity index is 1.95. The predicted octanol–water partition coefficient (Wildman–Crippen LogP) is 4.21. The molecule has 2 heteroatoms. The third kappa shape index (κ3) is 3.86. The van der Waals surface area contributed by atoms with Gasteiger partial charge in [0.1, 0.15) is 11.8 Å². The summed E-state index contributed by atoms with van der Waals surface area (Å²) in [6.45, 7) is 4.06. The number of nitrogens with zero attached hydrogens (tertiary/aromatic N) is 1. The molecule has 2 aromatic carbocycles. The first kappa shape index (κ1) is 14.1. The molecule has 102 valence electrons. The molecule has 0 saturated heterocycles. The SMILES string of the molecule is Cc1ccc(CCC(C#N)Oc2ccccc2C)cc1. The van der Waals surface area contributed by atoms with E-state index >= 15 is 0 Å². The summed E-state index contributed by atoms with van der Waals surface area (Å²) in [6, 6.07) is 18.4. The van der Waals surface area contributed by atoms with E-state index in [-0.39, 0.29) is 0 Å². The molecule has 0 spiro atoms. The summed E-state index contributed by atoms with van der Waals surface area (Å²) in [7, 11) is 0. The standard InChI is InChI=1S/C18H19NO/c1-14-7-9-16(10-8-14)11-12-17(13-19)20-18-6-4-3-5-15(18)2/h3-10,17H,11-12H2,1-2H3. The van der Waals surface area contributed by atoms with Crippen LogP contribution in [0.1, 0.15) is 23.1 Å². The summed E-state index contributed by atoms with van der Waals surface area (Å²) in [4.78, 5) is 0. The number of ether oxygens (including phenoxy) is 1. The van der Waals surface area contributed by atoms with Crippen molar-refractivity contribution in [1.82, 2.24) is 0 Å². The topological polar surface area (TPSA) is 33.0 Å². The molecule has 0 aromatic heterocycles. The Morgan fingerprint density at radius 3 is 2.40 bits per heavy atom. The third-order valence-corrected chi connectivity index (χ3v) is 3.32. The number of para-hydroxylation sites is 1. The van der Waals surface area contributed by atoms with Crippen molar-refractivity contribution in [3.05, 3.63) is 65.2 Å². The van der Waals surface area contributed by atoms with Crippen molar-refractivity contribution in [2.75, 3.05) is 0 Å². The normalized spacial score (nSPS) is 11.7. The van der Waals surface area contributed by atoms with Crippen molar-refractivity contribution in [1.29, 1.82) is 5.26 Å². The second-order valence-electron chi connectivity index (χ2n) is 5.03. The Bertz CT molecular complexity index is 596. The molecule has 0 saturated carbocycles. The van der Waals surface area contributed by atoms with Gasteiger partial charge in [-0.1, -0.05) is 48.0 Å². The first-order valence-electron chi connectivity index (χ1n) is 6.86. The zero-order chi connectivity index (χ0) is 14.4. The minimum atomic E-state index is -0.405. The highest BCUT2D eigenvalue weighted by Crippen LogP contribution is 2.19. The van der Waals surface area contributed by atoms with E-state index in [1.54, 1.807) is 0 Å². The summed E-state index contributed by atoms with van der Waals surface area (Å²) in [5, 5.41) is 9.23. The van der Waals surface area contributed by atoms with Crippen LogP contribution in [0.4, 0.5) is 0 Å². The van der Waals surface area contributed by atoms with Gasteiger partial charge in [-0.3, -0.25) is 0 Å². The van der Waals surface area contributed by atoms with Gasteiger partial charge >= 0.3 is 0 Å². The molecule has 1 unspecified atom stereocenters. The molecule has 0 bridgehead atoms. The van der Waals surface area contributed by atoms with Crippen molar-refractivity contribution in [2.45, 2.75) is 32.8 Å². The molecule has 0 aliphatic heterocycles. The van der Waals surface area contributed by atoms with Crippen LogP contribution < -0.4 is 4.74 Å². The summed E-state index contributed by atoms with van der Waals surface area (Å²) < 4.78 is 5.78. The molecule has 0 aliphatic rings. The van der Waals surface area contributed by atoms with Crippen molar-refractivity contribution in [3.63, 3.8) is 0 Å². The van der Waals surface area contributed by atoms with Gasteiger partial charge in [0.2, 0.25) is 0 Å². The lowest BCUT2D eigenvalue weighted by Gasteiger charge is -2.14. The molecule has 1 atom stereocenters. The molecule has 2 rings (SSSR count). The van der Waals surface area contributed by atoms with Crippen LogP contribution in [0.2, 0.25) is 0 Å². The van der Waals surface area contributed by atoms with Gasteiger partial charge in [-0.25, -0.2) is 0 Å². The van der Waals surface area contributed by atoms with Crippen LogP contribution in [0, 0.1) is 25.2 Å². The maximum atomic E-state index is 9.23. The highest BCUT2D eigenvalue weighted by atomic mass is 16.5. The fourth-order valence-electron chi connectivity index (χ4n) is 2.04. The van der Waals surface area contributed by atoms with Crippen LogP contribution in [0.3, 0.4) is 0 Å². The highest BCUT2D eigenvalue weighted by Gasteiger charge is 2.10. The Labute approximate surface area is 120 Å². The molecule has 0 aliphatic carbocycles. The van der Waals surface area contributed by atoms with Gasteiger partial charge in [-0.15, -0.1) is 0 Å². The lowest BCUT2D eigenvalue weighted by atomic mass is 10.1. The molecule has 2 aromatic rings. The Hall–Kier alpha value is -2.27. The lowest BCUT2D eigenvalue weighted by Crippen LogP contribution is -2.15. The van der Waals surface area contributed by atoms with E-state index < -0.39 is 6.10 Å². The Kier molecular flexibility index (Phi) is 4.79. The quantitative estimate of drug-likeness (QED) is 0.811. The zero-order valence-electron chi connectivity index (χ0n) is 12.0. The number of nitriles is 1. The highest BCUT2D eigenvalue weighted by molar-refractivity contribution is 5.32. The average Bonchev–Trinajstić information content (AvgIpc) is 2.47. The van der Waals surface area contributed by atoms with Crippen molar-refractivity contribution in [3.8, 4) is 11.8 Å². The molecule has 20 heavy (non-hydrogen) atoms. The molecular weight excluding hydrogens is 246 g/mol. The molecule has 0 N–H and O–H groups in total. The summed E-state index contributed by atoms with van der Waals surface area (Å²) >= 11 is 0. The van der Waals surface area contributed by atoms with Crippen LogP contribution in [-0.4, -0.2) is 6.10 Å².